The van der Waals surface area contributed by atoms with Gasteiger partial charge >= 0.3 is 0 Å². The van der Waals surface area contributed by atoms with E-state index >= 15 is 0 Å². The Morgan fingerprint density at radius 3 is 2.76 bits per heavy atom. The molecule has 0 radical (unpaired) electrons. The molecule has 0 atom stereocenters. The minimum atomic E-state index is -0.0580. The fourth-order valence-electron chi connectivity index (χ4n) is 1.76. The minimum Gasteiger partial charge on any atom is -0.486 e. The Labute approximate surface area is 98.2 Å². The number of hydrogen-bond acceptors (Lipinski definition) is 4. The van der Waals surface area contributed by atoms with Gasteiger partial charge in [-0.15, -0.1) is 0 Å². The van der Waals surface area contributed by atoms with Gasteiger partial charge in [0.25, 0.3) is 0 Å². The van der Waals surface area contributed by atoms with Crippen molar-refractivity contribution in [1.82, 2.24) is 9.78 Å². The first-order chi connectivity index (χ1) is 8.36. The zero-order valence-corrected chi connectivity index (χ0v) is 9.17. The van der Waals surface area contributed by atoms with Crippen molar-refractivity contribution < 1.29 is 14.6 Å². The number of aromatic nitrogens is 2. The summed E-state index contributed by atoms with van der Waals surface area (Å²) >= 11 is 0. The van der Waals surface area contributed by atoms with Gasteiger partial charge in [-0.1, -0.05) is 0 Å². The number of hydrogen-bond donors (Lipinski definition) is 1. The van der Waals surface area contributed by atoms with E-state index in [1.165, 1.54) is 0 Å². The third-order valence-corrected chi connectivity index (χ3v) is 2.60. The van der Waals surface area contributed by atoms with Crippen LogP contribution in [0.5, 0.6) is 11.5 Å². The van der Waals surface area contributed by atoms with Crippen LogP contribution in [0, 0.1) is 0 Å². The van der Waals surface area contributed by atoms with Gasteiger partial charge < -0.3 is 14.6 Å². The van der Waals surface area contributed by atoms with Crippen molar-refractivity contribution in [2.45, 2.75) is 6.61 Å². The number of rotatable bonds is 2. The fraction of sp³-hybridized carbons (Fsp3) is 0.250. The molecule has 0 amide bonds. The lowest BCUT2D eigenvalue weighted by Crippen LogP contribution is -2.15. The van der Waals surface area contributed by atoms with E-state index in [9.17, 15) is 0 Å². The van der Waals surface area contributed by atoms with E-state index in [1.54, 1.807) is 16.9 Å². The van der Waals surface area contributed by atoms with Crippen molar-refractivity contribution in [3.8, 4) is 17.2 Å². The Balaban J connectivity index is 1.97. The lowest BCUT2D eigenvalue weighted by molar-refractivity contribution is 0.171. The summed E-state index contributed by atoms with van der Waals surface area (Å²) in [6.07, 6.45) is 1.80. The summed E-state index contributed by atoms with van der Waals surface area (Å²) in [6, 6.07) is 7.42. The highest BCUT2D eigenvalue weighted by molar-refractivity contribution is 5.49. The van der Waals surface area contributed by atoms with Gasteiger partial charge in [-0.25, -0.2) is 4.68 Å². The van der Waals surface area contributed by atoms with Crippen LogP contribution >= 0.6 is 0 Å². The third-order valence-electron chi connectivity index (χ3n) is 2.60. The molecule has 0 unspecified atom stereocenters. The normalized spacial score (nSPS) is 13.7. The van der Waals surface area contributed by atoms with E-state index in [-0.39, 0.29) is 6.61 Å². The topological polar surface area (TPSA) is 56.5 Å². The summed E-state index contributed by atoms with van der Waals surface area (Å²) in [5.41, 5.74) is 1.52. The van der Waals surface area contributed by atoms with Crippen LogP contribution in [0.15, 0.2) is 30.5 Å². The van der Waals surface area contributed by atoms with E-state index in [0.29, 0.717) is 18.9 Å². The zero-order chi connectivity index (χ0) is 11.7. The molecule has 0 bridgehead atoms. The maximum absolute atomic E-state index is 8.97. The maximum atomic E-state index is 8.97. The molecule has 0 aliphatic carbocycles. The molecular weight excluding hydrogens is 220 g/mol. The van der Waals surface area contributed by atoms with Gasteiger partial charge in [-0.05, 0) is 18.2 Å². The molecule has 88 valence electrons. The molecule has 0 saturated carbocycles. The molecule has 2 heterocycles. The average molecular weight is 232 g/mol. The van der Waals surface area contributed by atoms with Crippen LogP contribution in [-0.2, 0) is 6.61 Å². The molecule has 17 heavy (non-hydrogen) atoms. The van der Waals surface area contributed by atoms with E-state index in [4.69, 9.17) is 14.6 Å². The van der Waals surface area contributed by atoms with Crippen molar-refractivity contribution in [2.75, 3.05) is 13.2 Å². The standard InChI is InChI=1S/C12H12N2O3/c15-8-9-3-4-14(13-9)10-1-2-11-12(7-10)17-6-5-16-11/h1-4,7,15H,5-6,8H2. The highest BCUT2D eigenvalue weighted by Gasteiger charge is 2.12. The smallest absolute Gasteiger partial charge is 0.163 e. The predicted molar refractivity (Wildman–Crippen MR) is 60.5 cm³/mol. The number of ether oxygens (including phenoxy) is 2. The highest BCUT2D eigenvalue weighted by Crippen LogP contribution is 2.31. The Bertz CT molecular complexity index is 536. The third kappa shape index (κ3) is 1.85. The average Bonchev–Trinajstić information content (AvgIpc) is 2.87. The van der Waals surface area contributed by atoms with E-state index in [2.05, 4.69) is 5.10 Å². The SMILES string of the molecule is OCc1ccn(-c2ccc3c(c2)OCCO3)n1. The molecule has 1 aromatic carbocycles. The van der Waals surface area contributed by atoms with Crippen LogP contribution < -0.4 is 9.47 Å². The lowest BCUT2D eigenvalue weighted by Gasteiger charge is -2.18. The summed E-state index contributed by atoms with van der Waals surface area (Å²) in [4.78, 5) is 0. The first kappa shape index (κ1) is 10.2. The van der Waals surface area contributed by atoms with Crippen LogP contribution in [0.1, 0.15) is 5.69 Å². The lowest BCUT2D eigenvalue weighted by atomic mass is 10.2. The van der Waals surface area contributed by atoms with Crippen LogP contribution in [0.2, 0.25) is 0 Å². The van der Waals surface area contributed by atoms with Gasteiger partial charge in [-0.3, -0.25) is 0 Å². The van der Waals surface area contributed by atoms with Crippen molar-refractivity contribution in [3.05, 3.63) is 36.2 Å². The van der Waals surface area contributed by atoms with Crippen molar-refractivity contribution in [1.29, 1.82) is 0 Å². The molecule has 2 aromatic rings. The van der Waals surface area contributed by atoms with E-state index in [0.717, 1.165) is 17.2 Å². The second-order valence-corrected chi connectivity index (χ2v) is 3.74. The molecule has 1 N–H and O–H groups in total. The number of nitrogens with zero attached hydrogens (tertiary/aromatic N) is 2. The Morgan fingerprint density at radius 2 is 2.00 bits per heavy atom. The Morgan fingerprint density at radius 1 is 1.18 bits per heavy atom. The van der Waals surface area contributed by atoms with Gasteiger partial charge in [0.1, 0.15) is 13.2 Å². The second kappa shape index (κ2) is 4.10. The molecular formula is C12H12N2O3. The molecule has 1 aliphatic rings. The highest BCUT2D eigenvalue weighted by atomic mass is 16.6. The molecule has 3 rings (SSSR count). The minimum absolute atomic E-state index is 0.0580. The Hall–Kier alpha value is -2.01. The van der Waals surface area contributed by atoms with Crippen LogP contribution in [0.3, 0.4) is 0 Å². The second-order valence-electron chi connectivity index (χ2n) is 3.74. The maximum Gasteiger partial charge on any atom is 0.163 e. The summed E-state index contributed by atoms with van der Waals surface area (Å²) < 4.78 is 12.6. The van der Waals surface area contributed by atoms with E-state index in [1.807, 2.05) is 18.2 Å². The quantitative estimate of drug-likeness (QED) is 0.843. The monoisotopic (exact) mass is 232 g/mol. The number of benzene rings is 1. The van der Waals surface area contributed by atoms with E-state index < -0.39 is 0 Å². The first-order valence-electron chi connectivity index (χ1n) is 5.42. The molecule has 0 fully saturated rings. The van der Waals surface area contributed by atoms with Gasteiger partial charge in [0.15, 0.2) is 11.5 Å². The van der Waals surface area contributed by atoms with Crippen molar-refractivity contribution >= 4 is 0 Å². The molecule has 1 aromatic heterocycles. The number of fused-ring (bicyclic) bond motifs is 1. The largest absolute Gasteiger partial charge is 0.486 e. The number of aliphatic hydroxyl groups is 1. The predicted octanol–water partition coefficient (Wildman–Crippen LogP) is 1.14. The molecule has 0 saturated heterocycles. The van der Waals surface area contributed by atoms with Crippen LogP contribution in [0.4, 0.5) is 0 Å². The molecule has 5 nitrogen and oxygen atoms in total. The number of aliphatic hydroxyl groups excluding tert-OH is 1. The molecule has 0 spiro atoms. The zero-order valence-electron chi connectivity index (χ0n) is 9.17. The van der Waals surface area contributed by atoms with Crippen LogP contribution in [0.25, 0.3) is 5.69 Å². The van der Waals surface area contributed by atoms with Gasteiger partial charge in [0.2, 0.25) is 0 Å². The van der Waals surface area contributed by atoms with Gasteiger partial charge in [0.05, 0.1) is 18.0 Å². The summed E-state index contributed by atoms with van der Waals surface area (Å²) in [5.74, 6) is 1.49. The van der Waals surface area contributed by atoms with Crippen molar-refractivity contribution in [2.24, 2.45) is 0 Å². The Kier molecular flexibility index (Phi) is 2.45. The molecule has 5 heteroatoms. The van der Waals surface area contributed by atoms with Gasteiger partial charge in [-0.2, -0.15) is 5.10 Å². The van der Waals surface area contributed by atoms with Gasteiger partial charge in [0, 0.05) is 12.3 Å². The first-order valence-corrected chi connectivity index (χ1v) is 5.42. The molecule has 1 aliphatic heterocycles. The summed E-state index contributed by atoms with van der Waals surface area (Å²) in [5, 5.41) is 13.2. The summed E-state index contributed by atoms with van der Waals surface area (Å²) in [7, 11) is 0. The van der Waals surface area contributed by atoms with Crippen LogP contribution in [-0.4, -0.2) is 28.1 Å². The summed E-state index contributed by atoms with van der Waals surface area (Å²) in [6.45, 7) is 1.10. The van der Waals surface area contributed by atoms with Crippen molar-refractivity contribution in [3.63, 3.8) is 0 Å². The fourth-order valence-corrected chi connectivity index (χ4v) is 1.76.